The van der Waals surface area contributed by atoms with Crippen molar-refractivity contribution in [2.45, 2.75) is 62.2 Å². The molecule has 0 saturated carbocycles. The molecular weight excluding hydrogens is 378 g/mol. The van der Waals surface area contributed by atoms with E-state index in [-0.39, 0.29) is 24.0 Å². The van der Waals surface area contributed by atoms with Crippen molar-refractivity contribution in [1.29, 1.82) is 0 Å². The Kier molecular flexibility index (Phi) is 5.59. The number of nitrogens with one attached hydrogen (secondary N) is 4. The van der Waals surface area contributed by atoms with Crippen LogP contribution < -0.4 is 20.9 Å². The molecule has 4 rings (SSSR count). The fourth-order valence-corrected chi connectivity index (χ4v) is 5.84. The summed E-state index contributed by atoms with van der Waals surface area (Å²) in [5.41, 5.74) is 7.01. The molecule has 0 radical (unpaired) electrons. The van der Waals surface area contributed by atoms with Gasteiger partial charge in [0.2, 0.25) is 15.9 Å². The van der Waals surface area contributed by atoms with Crippen LogP contribution in [0.15, 0.2) is 29.2 Å². The molecule has 28 heavy (non-hydrogen) atoms. The van der Waals surface area contributed by atoms with E-state index < -0.39 is 10.0 Å². The van der Waals surface area contributed by atoms with Gasteiger partial charge in [-0.3, -0.25) is 10.2 Å². The van der Waals surface area contributed by atoms with Crippen molar-refractivity contribution in [2.75, 3.05) is 18.4 Å². The van der Waals surface area contributed by atoms with Crippen molar-refractivity contribution >= 4 is 21.6 Å². The average molecular weight is 408 g/mol. The topological polar surface area (TPSA) is 103 Å². The Bertz CT molecular complexity index is 823. The molecule has 9 heteroatoms. The van der Waals surface area contributed by atoms with E-state index in [1.54, 1.807) is 18.2 Å². The van der Waals surface area contributed by atoms with Crippen molar-refractivity contribution in [2.24, 2.45) is 5.92 Å². The molecule has 8 nitrogen and oxygen atoms in total. The van der Waals surface area contributed by atoms with Crippen LogP contribution in [0.25, 0.3) is 0 Å². The lowest BCUT2D eigenvalue weighted by atomic mass is 9.93. The third-order valence-corrected chi connectivity index (χ3v) is 7.51. The monoisotopic (exact) mass is 407 g/mol. The largest absolute Gasteiger partial charge is 0.368 e. The van der Waals surface area contributed by atoms with E-state index in [0.717, 1.165) is 32.1 Å². The fraction of sp³-hybridized carbons (Fsp3) is 0.632. The minimum Gasteiger partial charge on any atom is -0.368 e. The van der Waals surface area contributed by atoms with Crippen LogP contribution in [0.5, 0.6) is 0 Å². The van der Waals surface area contributed by atoms with Gasteiger partial charge in [-0.05, 0) is 43.7 Å². The smallest absolute Gasteiger partial charge is 0.244 e. The van der Waals surface area contributed by atoms with Crippen LogP contribution in [0.3, 0.4) is 0 Å². The SMILES string of the molecule is CCCC1CC(C(=O)N2CCC(C3Nc4ccccc4S(=O)(=O)N3)CC2)NN1. The van der Waals surface area contributed by atoms with Crippen LogP contribution in [0.4, 0.5) is 5.69 Å². The number of likely N-dealkylation sites (tertiary alicyclic amines) is 1. The Labute approximate surface area is 166 Å². The molecule has 2 saturated heterocycles. The second kappa shape index (κ2) is 7.98. The van der Waals surface area contributed by atoms with E-state index in [2.05, 4.69) is 27.8 Å². The molecule has 1 aromatic carbocycles. The van der Waals surface area contributed by atoms with Crippen LogP contribution >= 0.6 is 0 Å². The molecule has 0 bridgehead atoms. The maximum atomic E-state index is 12.8. The van der Waals surface area contributed by atoms with E-state index in [1.807, 2.05) is 11.0 Å². The maximum absolute atomic E-state index is 12.8. The number of hydrazine groups is 1. The normalized spacial score (nSPS) is 29.9. The predicted octanol–water partition coefficient (Wildman–Crippen LogP) is 0.990. The van der Waals surface area contributed by atoms with Gasteiger partial charge in [0.05, 0.1) is 11.9 Å². The number of sulfonamides is 1. The van der Waals surface area contributed by atoms with Crippen molar-refractivity contribution in [3.63, 3.8) is 0 Å². The summed E-state index contributed by atoms with van der Waals surface area (Å²) in [6.45, 7) is 3.46. The average Bonchev–Trinajstić information content (AvgIpc) is 3.16. The van der Waals surface area contributed by atoms with E-state index in [0.29, 0.717) is 29.7 Å². The first-order valence-corrected chi connectivity index (χ1v) is 11.6. The van der Waals surface area contributed by atoms with Crippen molar-refractivity contribution in [3.05, 3.63) is 24.3 Å². The van der Waals surface area contributed by atoms with Gasteiger partial charge < -0.3 is 10.2 Å². The minimum atomic E-state index is -3.51. The molecule has 0 aromatic heterocycles. The Hall–Kier alpha value is -1.68. The number of hydrogen-bond acceptors (Lipinski definition) is 6. The number of carbonyl (C=O) groups excluding carboxylic acids is 1. The molecule has 0 spiro atoms. The summed E-state index contributed by atoms with van der Waals surface area (Å²) in [5, 5.41) is 3.33. The van der Waals surface area contributed by atoms with Gasteiger partial charge in [0.15, 0.2) is 0 Å². The summed E-state index contributed by atoms with van der Waals surface area (Å²) in [6, 6.07) is 7.16. The molecular formula is C19H29N5O3S. The number of rotatable bonds is 4. The number of piperidine rings is 1. The highest BCUT2D eigenvalue weighted by atomic mass is 32.2. The minimum absolute atomic E-state index is 0.145. The zero-order valence-electron chi connectivity index (χ0n) is 16.1. The number of anilines is 1. The zero-order chi connectivity index (χ0) is 19.7. The molecule has 3 aliphatic rings. The molecule has 1 amide bonds. The molecule has 4 N–H and O–H groups in total. The highest BCUT2D eigenvalue weighted by Crippen LogP contribution is 2.31. The third-order valence-electron chi connectivity index (χ3n) is 6.01. The lowest BCUT2D eigenvalue weighted by Crippen LogP contribution is -2.54. The van der Waals surface area contributed by atoms with Gasteiger partial charge in [-0.1, -0.05) is 25.5 Å². The fourth-order valence-electron chi connectivity index (χ4n) is 4.46. The Morgan fingerprint density at radius 3 is 2.68 bits per heavy atom. The molecule has 1 aromatic rings. The van der Waals surface area contributed by atoms with Gasteiger partial charge in [0.25, 0.3) is 0 Å². The number of benzene rings is 1. The summed E-state index contributed by atoms with van der Waals surface area (Å²) in [5.74, 6) is 0.293. The van der Waals surface area contributed by atoms with Crippen LogP contribution in [-0.4, -0.2) is 50.6 Å². The predicted molar refractivity (Wildman–Crippen MR) is 107 cm³/mol. The van der Waals surface area contributed by atoms with E-state index >= 15 is 0 Å². The Morgan fingerprint density at radius 2 is 1.93 bits per heavy atom. The first-order chi connectivity index (χ1) is 13.5. The summed E-state index contributed by atoms with van der Waals surface area (Å²) in [7, 11) is -3.51. The van der Waals surface area contributed by atoms with Crippen molar-refractivity contribution < 1.29 is 13.2 Å². The van der Waals surface area contributed by atoms with Gasteiger partial charge in [0, 0.05) is 19.1 Å². The summed E-state index contributed by atoms with van der Waals surface area (Å²) < 4.78 is 27.8. The molecule has 3 unspecified atom stereocenters. The van der Waals surface area contributed by atoms with Gasteiger partial charge in [0.1, 0.15) is 10.9 Å². The molecule has 0 aliphatic carbocycles. The van der Waals surface area contributed by atoms with Crippen LogP contribution in [0, 0.1) is 5.92 Å². The number of fused-ring (bicyclic) bond motifs is 1. The number of carbonyl (C=O) groups is 1. The Morgan fingerprint density at radius 1 is 1.18 bits per heavy atom. The van der Waals surface area contributed by atoms with Gasteiger partial charge >= 0.3 is 0 Å². The maximum Gasteiger partial charge on any atom is 0.244 e. The summed E-state index contributed by atoms with van der Waals surface area (Å²) in [6.07, 6.45) is 4.19. The quantitative estimate of drug-likeness (QED) is 0.594. The molecule has 3 aliphatic heterocycles. The number of nitrogens with zero attached hydrogens (tertiary/aromatic N) is 1. The summed E-state index contributed by atoms with van der Waals surface area (Å²) >= 11 is 0. The summed E-state index contributed by atoms with van der Waals surface area (Å²) in [4.78, 5) is 15.0. The van der Waals surface area contributed by atoms with E-state index in [4.69, 9.17) is 0 Å². The van der Waals surface area contributed by atoms with Crippen molar-refractivity contribution in [1.82, 2.24) is 20.5 Å². The third kappa shape index (κ3) is 3.89. The highest BCUT2D eigenvalue weighted by Gasteiger charge is 2.38. The van der Waals surface area contributed by atoms with Crippen LogP contribution in [-0.2, 0) is 14.8 Å². The molecule has 2 fully saturated rings. The standard InChI is InChI=1S/C19H29N5O3S/c1-2-5-14-12-16(22-21-14)19(25)24-10-8-13(9-11-24)18-20-15-6-3-4-7-17(15)28(26,27)23-18/h3-4,6-7,13-14,16,18,20-23H,2,5,8-12H2,1H3. The number of para-hydroxylation sites is 1. The van der Waals surface area contributed by atoms with Crippen molar-refractivity contribution in [3.8, 4) is 0 Å². The first kappa shape index (κ1) is 19.6. The second-order valence-corrected chi connectivity index (χ2v) is 9.65. The number of hydrogen-bond donors (Lipinski definition) is 4. The van der Waals surface area contributed by atoms with Crippen LogP contribution in [0.2, 0.25) is 0 Å². The highest BCUT2D eigenvalue weighted by molar-refractivity contribution is 7.89. The van der Waals surface area contributed by atoms with E-state index in [1.165, 1.54) is 0 Å². The second-order valence-electron chi connectivity index (χ2n) is 7.96. The zero-order valence-corrected chi connectivity index (χ0v) is 17.0. The van der Waals surface area contributed by atoms with Gasteiger partial charge in [-0.15, -0.1) is 0 Å². The number of amides is 1. The molecule has 3 atom stereocenters. The van der Waals surface area contributed by atoms with Gasteiger partial charge in [-0.25, -0.2) is 13.8 Å². The van der Waals surface area contributed by atoms with Gasteiger partial charge in [-0.2, -0.15) is 4.72 Å². The van der Waals surface area contributed by atoms with Crippen LogP contribution in [0.1, 0.15) is 39.0 Å². The van der Waals surface area contributed by atoms with E-state index in [9.17, 15) is 13.2 Å². The molecule has 154 valence electrons. The Balaban J connectivity index is 1.34. The molecule has 3 heterocycles. The first-order valence-electron chi connectivity index (χ1n) is 10.2. The lowest BCUT2D eigenvalue weighted by molar-refractivity contribution is -0.134. The lowest BCUT2D eigenvalue weighted by Gasteiger charge is -2.39.